The van der Waals surface area contributed by atoms with E-state index in [-0.39, 0.29) is 24.5 Å². The van der Waals surface area contributed by atoms with Gasteiger partial charge in [-0.3, -0.25) is 4.79 Å². The maximum atomic E-state index is 13.6. The summed E-state index contributed by atoms with van der Waals surface area (Å²) in [5, 5.41) is 0. The van der Waals surface area contributed by atoms with Crippen LogP contribution < -0.4 is 4.74 Å². The summed E-state index contributed by atoms with van der Waals surface area (Å²) < 4.78 is 27.9. The zero-order valence-corrected chi connectivity index (χ0v) is 11.0. The number of ketones is 1. The Morgan fingerprint density at radius 2 is 1.95 bits per heavy atom. The predicted octanol–water partition coefficient (Wildman–Crippen LogP) is 1.73. The van der Waals surface area contributed by atoms with Gasteiger partial charge in [-0.1, -0.05) is 0 Å². The van der Waals surface area contributed by atoms with Crippen molar-refractivity contribution in [1.29, 1.82) is 0 Å². The third-order valence-corrected chi connectivity index (χ3v) is 2.38. The summed E-state index contributed by atoms with van der Waals surface area (Å²) in [7, 11) is 2.73. The van der Waals surface area contributed by atoms with E-state index < -0.39 is 17.6 Å². The third kappa shape index (κ3) is 3.51. The Balaban J connectivity index is 3.21. The van der Waals surface area contributed by atoms with Crippen LogP contribution in [0.5, 0.6) is 5.75 Å². The van der Waals surface area contributed by atoms with Crippen LogP contribution in [0.2, 0.25) is 0 Å². The number of carbonyl (C=O) groups excluding carboxylic acids is 2. The third-order valence-electron chi connectivity index (χ3n) is 2.38. The molecule has 1 rings (SSSR count). The number of hydrogen-bond acceptors (Lipinski definition) is 5. The van der Waals surface area contributed by atoms with Gasteiger partial charge in [0.1, 0.15) is 0 Å². The van der Waals surface area contributed by atoms with Crippen molar-refractivity contribution in [2.75, 3.05) is 20.8 Å². The van der Waals surface area contributed by atoms with Gasteiger partial charge in [-0.25, -0.2) is 9.18 Å². The Labute approximate surface area is 110 Å². The number of halogens is 1. The highest BCUT2D eigenvalue weighted by atomic mass is 19.1. The molecule has 0 aromatic heterocycles. The molecule has 0 saturated heterocycles. The van der Waals surface area contributed by atoms with E-state index in [1.807, 2.05) is 0 Å². The van der Waals surface area contributed by atoms with E-state index in [4.69, 9.17) is 9.47 Å². The van der Waals surface area contributed by atoms with Crippen LogP contribution in [0, 0.1) is 5.82 Å². The Morgan fingerprint density at radius 3 is 2.47 bits per heavy atom. The molecule has 0 spiro atoms. The SMILES string of the molecule is CCOC(=O)C(=O)c1cc(F)c(OC)cc1COC. The molecule has 0 fully saturated rings. The summed E-state index contributed by atoms with van der Waals surface area (Å²) in [5.74, 6) is -2.68. The summed E-state index contributed by atoms with van der Waals surface area (Å²) >= 11 is 0. The molecular formula is C13H15FO5. The monoisotopic (exact) mass is 270 g/mol. The van der Waals surface area contributed by atoms with Crippen molar-refractivity contribution in [3.8, 4) is 5.75 Å². The average molecular weight is 270 g/mol. The molecule has 0 atom stereocenters. The molecule has 0 N–H and O–H groups in total. The number of rotatable bonds is 6. The molecule has 0 heterocycles. The summed E-state index contributed by atoms with van der Waals surface area (Å²) in [6, 6.07) is 2.28. The Hall–Kier alpha value is -1.95. The molecule has 104 valence electrons. The van der Waals surface area contributed by atoms with Crippen molar-refractivity contribution in [3.05, 3.63) is 29.1 Å². The molecule has 0 aliphatic rings. The number of hydrogen-bond donors (Lipinski definition) is 0. The molecule has 6 heteroatoms. The first-order chi connectivity index (χ1) is 9.04. The summed E-state index contributed by atoms with van der Waals surface area (Å²) in [5.41, 5.74) is 0.275. The zero-order chi connectivity index (χ0) is 14.4. The minimum atomic E-state index is -1.02. The number of methoxy groups -OCH3 is 2. The Bertz CT molecular complexity index is 484. The number of esters is 1. The van der Waals surface area contributed by atoms with Crippen LogP contribution in [0.25, 0.3) is 0 Å². The molecular weight excluding hydrogens is 255 g/mol. The lowest BCUT2D eigenvalue weighted by Crippen LogP contribution is -2.19. The fourth-order valence-corrected chi connectivity index (χ4v) is 1.54. The van der Waals surface area contributed by atoms with Gasteiger partial charge >= 0.3 is 5.97 Å². The van der Waals surface area contributed by atoms with Crippen LogP contribution in [0.3, 0.4) is 0 Å². The Morgan fingerprint density at radius 1 is 1.26 bits per heavy atom. The fourth-order valence-electron chi connectivity index (χ4n) is 1.54. The van der Waals surface area contributed by atoms with Gasteiger partial charge in [0.2, 0.25) is 0 Å². The molecule has 0 saturated carbocycles. The maximum Gasteiger partial charge on any atom is 0.379 e. The van der Waals surface area contributed by atoms with E-state index in [1.54, 1.807) is 6.92 Å². The second-order valence-electron chi connectivity index (χ2n) is 3.63. The van der Waals surface area contributed by atoms with Gasteiger partial charge < -0.3 is 14.2 Å². The standard InChI is InChI=1S/C13H15FO5/c1-4-19-13(16)12(15)9-6-10(14)11(18-3)5-8(9)7-17-2/h5-6H,4,7H2,1-3H3. The van der Waals surface area contributed by atoms with Crippen LogP contribution in [0.4, 0.5) is 4.39 Å². The van der Waals surface area contributed by atoms with Gasteiger partial charge in [-0.05, 0) is 24.6 Å². The molecule has 0 bridgehead atoms. The topological polar surface area (TPSA) is 61.8 Å². The average Bonchev–Trinajstić information content (AvgIpc) is 2.40. The van der Waals surface area contributed by atoms with Gasteiger partial charge in [0.25, 0.3) is 5.78 Å². The minimum absolute atomic E-state index is 0.0209. The van der Waals surface area contributed by atoms with Gasteiger partial charge in [-0.2, -0.15) is 0 Å². The lowest BCUT2D eigenvalue weighted by molar-refractivity contribution is -0.137. The highest BCUT2D eigenvalue weighted by Crippen LogP contribution is 2.23. The lowest BCUT2D eigenvalue weighted by Gasteiger charge is -2.10. The first-order valence-electron chi connectivity index (χ1n) is 5.61. The van der Waals surface area contributed by atoms with Crippen LogP contribution in [0.15, 0.2) is 12.1 Å². The molecule has 0 aliphatic carbocycles. The van der Waals surface area contributed by atoms with Crippen molar-refractivity contribution >= 4 is 11.8 Å². The number of benzene rings is 1. The maximum absolute atomic E-state index is 13.6. The molecule has 1 aromatic rings. The lowest BCUT2D eigenvalue weighted by atomic mass is 10.0. The first kappa shape index (κ1) is 15.1. The van der Waals surface area contributed by atoms with E-state index in [1.165, 1.54) is 20.3 Å². The molecule has 0 aliphatic heterocycles. The van der Waals surface area contributed by atoms with Crippen molar-refractivity contribution in [1.82, 2.24) is 0 Å². The molecule has 0 radical (unpaired) electrons. The smallest absolute Gasteiger partial charge is 0.379 e. The molecule has 1 aromatic carbocycles. The van der Waals surface area contributed by atoms with Crippen LogP contribution in [-0.2, 0) is 20.9 Å². The van der Waals surface area contributed by atoms with E-state index in [0.29, 0.717) is 5.56 Å². The van der Waals surface area contributed by atoms with E-state index in [0.717, 1.165) is 6.07 Å². The summed E-state index contributed by atoms with van der Waals surface area (Å²) in [6.07, 6.45) is 0. The van der Waals surface area contributed by atoms with E-state index >= 15 is 0 Å². The van der Waals surface area contributed by atoms with Gasteiger partial charge in [-0.15, -0.1) is 0 Å². The van der Waals surface area contributed by atoms with Crippen LogP contribution >= 0.6 is 0 Å². The van der Waals surface area contributed by atoms with Crippen molar-refractivity contribution < 1.29 is 28.2 Å². The highest BCUT2D eigenvalue weighted by Gasteiger charge is 2.23. The second kappa shape index (κ2) is 6.84. The number of ether oxygens (including phenoxy) is 3. The quantitative estimate of drug-likeness (QED) is 0.447. The number of Topliss-reactive ketones (excluding diaryl/α,β-unsaturated/α-hetero) is 1. The van der Waals surface area contributed by atoms with Gasteiger partial charge in [0.15, 0.2) is 11.6 Å². The highest BCUT2D eigenvalue weighted by molar-refractivity contribution is 6.41. The molecule has 0 amide bonds. The molecule has 19 heavy (non-hydrogen) atoms. The normalized spacial score (nSPS) is 10.1. The van der Waals surface area contributed by atoms with E-state index in [2.05, 4.69) is 4.74 Å². The predicted molar refractivity (Wildman–Crippen MR) is 64.6 cm³/mol. The van der Waals surface area contributed by atoms with Crippen LogP contribution in [0.1, 0.15) is 22.8 Å². The molecule has 5 nitrogen and oxygen atoms in total. The Kier molecular flexibility index (Phi) is 5.44. The fraction of sp³-hybridized carbons (Fsp3) is 0.385. The van der Waals surface area contributed by atoms with Crippen molar-refractivity contribution in [3.63, 3.8) is 0 Å². The largest absolute Gasteiger partial charge is 0.494 e. The van der Waals surface area contributed by atoms with Crippen molar-refractivity contribution in [2.24, 2.45) is 0 Å². The van der Waals surface area contributed by atoms with Gasteiger partial charge in [0.05, 0.1) is 20.3 Å². The van der Waals surface area contributed by atoms with Crippen molar-refractivity contribution in [2.45, 2.75) is 13.5 Å². The summed E-state index contributed by atoms with van der Waals surface area (Å²) in [6.45, 7) is 1.70. The zero-order valence-electron chi connectivity index (χ0n) is 11.0. The summed E-state index contributed by atoms with van der Waals surface area (Å²) in [4.78, 5) is 23.2. The number of carbonyl (C=O) groups is 2. The van der Waals surface area contributed by atoms with Gasteiger partial charge in [0, 0.05) is 12.7 Å². The minimum Gasteiger partial charge on any atom is -0.494 e. The first-order valence-corrected chi connectivity index (χ1v) is 5.61. The van der Waals surface area contributed by atoms with Crippen LogP contribution in [-0.4, -0.2) is 32.6 Å². The molecule has 0 unspecified atom stereocenters. The van der Waals surface area contributed by atoms with E-state index in [9.17, 15) is 14.0 Å². The second-order valence-corrected chi connectivity index (χ2v) is 3.63.